The molecule has 4 rings (SSSR count). The van der Waals surface area contributed by atoms with Gasteiger partial charge in [0.1, 0.15) is 23.7 Å². The Bertz CT molecular complexity index is 1190. The van der Waals surface area contributed by atoms with E-state index in [4.69, 9.17) is 21.1 Å². The van der Waals surface area contributed by atoms with Crippen molar-refractivity contribution in [3.8, 4) is 28.5 Å². The van der Waals surface area contributed by atoms with E-state index in [2.05, 4.69) is 16.8 Å². The maximum absolute atomic E-state index is 13.3. The van der Waals surface area contributed by atoms with Gasteiger partial charge in [0.2, 0.25) is 0 Å². The van der Waals surface area contributed by atoms with E-state index in [0.717, 1.165) is 12.0 Å². The molecule has 0 aliphatic carbocycles. The zero-order valence-electron chi connectivity index (χ0n) is 18.6. The predicted molar refractivity (Wildman–Crippen MR) is 127 cm³/mol. The number of aromatic nitrogens is 2. The van der Waals surface area contributed by atoms with E-state index in [1.807, 2.05) is 36.9 Å². The summed E-state index contributed by atoms with van der Waals surface area (Å²) in [6, 6.07) is 10.0. The van der Waals surface area contributed by atoms with Gasteiger partial charge >= 0.3 is 0 Å². The average molecular weight is 468 g/mol. The number of aromatic amines is 1. The lowest BCUT2D eigenvalue weighted by Gasteiger charge is -2.26. The zero-order chi connectivity index (χ0) is 23.5. The number of hydrogen-bond acceptors (Lipinski definition) is 5. The molecular weight excluding hydrogens is 442 g/mol. The molecule has 1 aliphatic heterocycles. The zero-order valence-corrected chi connectivity index (χ0v) is 19.4. The van der Waals surface area contributed by atoms with Gasteiger partial charge in [-0.25, -0.2) is 0 Å². The summed E-state index contributed by atoms with van der Waals surface area (Å²) in [6.45, 7) is 9.00. The maximum atomic E-state index is 13.3. The highest BCUT2D eigenvalue weighted by Gasteiger charge is 2.42. The van der Waals surface area contributed by atoms with Gasteiger partial charge in [-0.2, -0.15) is 5.10 Å². The molecule has 1 unspecified atom stereocenters. The molecule has 172 valence electrons. The fourth-order valence-electron chi connectivity index (χ4n) is 4.15. The molecule has 2 aromatic carbocycles. The van der Waals surface area contributed by atoms with Gasteiger partial charge in [0.05, 0.1) is 12.6 Å². The number of benzene rings is 2. The van der Waals surface area contributed by atoms with Crippen LogP contribution in [-0.4, -0.2) is 45.9 Å². The normalized spacial score (nSPS) is 14.9. The van der Waals surface area contributed by atoms with Gasteiger partial charge in [0, 0.05) is 22.7 Å². The second-order valence-electron chi connectivity index (χ2n) is 7.66. The minimum Gasteiger partial charge on any atom is -0.507 e. The molecule has 3 aromatic rings. The fraction of sp³-hybridized carbons (Fsp3) is 0.280. The first-order valence-corrected chi connectivity index (χ1v) is 11.3. The van der Waals surface area contributed by atoms with Crippen molar-refractivity contribution in [2.45, 2.75) is 26.3 Å². The van der Waals surface area contributed by atoms with Crippen LogP contribution >= 0.6 is 11.6 Å². The molecule has 2 heterocycles. The number of amides is 1. The van der Waals surface area contributed by atoms with Crippen molar-refractivity contribution >= 4 is 17.5 Å². The third-order valence-electron chi connectivity index (χ3n) is 5.48. The number of nitrogens with zero attached hydrogens (tertiary/aromatic N) is 2. The molecule has 7 nitrogen and oxygen atoms in total. The second kappa shape index (κ2) is 9.58. The highest BCUT2D eigenvalue weighted by molar-refractivity contribution is 6.31. The quantitative estimate of drug-likeness (QED) is 0.414. The smallest absolute Gasteiger partial charge is 0.273 e. The van der Waals surface area contributed by atoms with Crippen LogP contribution in [0.2, 0.25) is 5.02 Å². The van der Waals surface area contributed by atoms with Gasteiger partial charge in [-0.1, -0.05) is 37.2 Å². The van der Waals surface area contributed by atoms with E-state index in [0.29, 0.717) is 58.8 Å². The molecule has 0 saturated heterocycles. The number of nitrogens with one attached hydrogen (secondary N) is 1. The molecule has 2 N–H and O–H groups in total. The summed E-state index contributed by atoms with van der Waals surface area (Å²) in [5, 5.41) is 18.2. The number of ether oxygens (including phenoxy) is 2. The Morgan fingerprint density at radius 3 is 2.76 bits per heavy atom. The Labute approximate surface area is 197 Å². The SMILES string of the molecule is C=CCOc1ccc(C2c3c(-c4cc(Cl)ccc4O)n[nH]c3C(=O)N2CCC)cc1OCC. The van der Waals surface area contributed by atoms with E-state index in [-0.39, 0.29) is 11.7 Å². The van der Waals surface area contributed by atoms with Crippen LogP contribution in [0.3, 0.4) is 0 Å². The number of fused-ring (bicyclic) bond motifs is 1. The molecule has 1 atom stereocenters. The van der Waals surface area contributed by atoms with Gasteiger partial charge in [-0.15, -0.1) is 0 Å². The summed E-state index contributed by atoms with van der Waals surface area (Å²) < 4.78 is 11.6. The van der Waals surface area contributed by atoms with Gasteiger partial charge in [-0.3, -0.25) is 9.89 Å². The fourth-order valence-corrected chi connectivity index (χ4v) is 4.32. The van der Waals surface area contributed by atoms with E-state index in [1.165, 1.54) is 6.07 Å². The Morgan fingerprint density at radius 2 is 2.03 bits per heavy atom. The number of rotatable bonds is 9. The molecule has 1 aliphatic rings. The Hall–Kier alpha value is -3.45. The van der Waals surface area contributed by atoms with Crippen LogP contribution in [0, 0.1) is 0 Å². The number of phenols is 1. The van der Waals surface area contributed by atoms with Crippen LogP contribution in [0.25, 0.3) is 11.3 Å². The lowest BCUT2D eigenvalue weighted by Crippen LogP contribution is -2.30. The summed E-state index contributed by atoms with van der Waals surface area (Å²) in [7, 11) is 0. The number of phenolic OH excluding ortho intramolecular Hbond substituents is 1. The van der Waals surface area contributed by atoms with Crippen LogP contribution in [0.4, 0.5) is 0 Å². The topological polar surface area (TPSA) is 87.7 Å². The first-order valence-electron chi connectivity index (χ1n) is 10.9. The van der Waals surface area contributed by atoms with Crippen LogP contribution < -0.4 is 9.47 Å². The number of carbonyl (C=O) groups is 1. The van der Waals surface area contributed by atoms with E-state index < -0.39 is 6.04 Å². The predicted octanol–water partition coefficient (Wildman–Crippen LogP) is 5.35. The van der Waals surface area contributed by atoms with Gasteiger partial charge < -0.3 is 19.5 Å². The van der Waals surface area contributed by atoms with Crippen LogP contribution in [0.1, 0.15) is 47.9 Å². The van der Waals surface area contributed by atoms with Crippen molar-refractivity contribution in [1.29, 1.82) is 0 Å². The Kier molecular flexibility index (Phi) is 6.60. The number of H-pyrrole nitrogens is 1. The van der Waals surface area contributed by atoms with Crippen LogP contribution in [-0.2, 0) is 0 Å². The van der Waals surface area contributed by atoms with Crippen molar-refractivity contribution in [2.75, 3.05) is 19.8 Å². The summed E-state index contributed by atoms with van der Waals surface area (Å²) in [4.78, 5) is 15.1. The highest BCUT2D eigenvalue weighted by Crippen LogP contribution is 2.46. The Morgan fingerprint density at radius 1 is 1.21 bits per heavy atom. The van der Waals surface area contributed by atoms with Crippen LogP contribution in [0.5, 0.6) is 17.2 Å². The minimum atomic E-state index is -0.410. The Balaban J connectivity index is 1.87. The molecule has 1 aromatic heterocycles. The summed E-state index contributed by atoms with van der Waals surface area (Å²) in [5.41, 5.74) is 2.93. The minimum absolute atomic E-state index is 0.0389. The van der Waals surface area contributed by atoms with E-state index >= 15 is 0 Å². The van der Waals surface area contributed by atoms with Crippen molar-refractivity contribution in [3.05, 3.63) is 70.9 Å². The molecule has 1 amide bonds. The van der Waals surface area contributed by atoms with Crippen LogP contribution in [0.15, 0.2) is 49.1 Å². The summed E-state index contributed by atoms with van der Waals surface area (Å²) in [6.07, 6.45) is 2.46. The lowest BCUT2D eigenvalue weighted by atomic mass is 9.95. The van der Waals surface area contributed by atoms with Gasteiger partial charge in [-0.05, 0) is 49.2 Å². The molecule has 0 spiro atoms. The third kappa shape index (κ3) is 4.16. The molecule has 0 saturated carbocycles. The number of hydrogen-bond donors (Lipinski definition) is 2. The van der Waals surface area contributed by atoms with Gasteiger partial charge in [0.25, 0.3) is 5.91 Å². The molecular formula is C25H26ClN3O4. The summed E-state index contributed by atoms with van der Waals surface area (Å²) >= 11 is 6.20. The molecule has 8 heteroatoms. The maximum Gasteiger partial charge on any atom is 0.273 e. The van der Waals surface area contributed by atoms with Crippen molar-refractivity contribution in [2.24, 2.45) is 0 Å². The van der Waals surface area contributed by atoms with E-state index in [9.17, 15) is 9.90 Å². The highest BCUT2D eigenvalue weighted by atomic mass is 35.5. The summed E-state index contributed by atoms with van der Waals surface area (Å²) in [5.74, 6) is 1.09. The van der Waals surface area contributed by atoms with E-state index in [1.54, 1.807) is 18.2 Å². The molecule has 33 heavy (non-hydrogen) atoms. The first-order chi connectivity index (χ1) is 16.0. The number of aromatic hydroxyl groups is 1. The van der Waals surface area contributed by atoms with Gasteiger partial charge in [0.15, 0.2) is 11.5 Å². The monoisotopic (exact) mass is 467 g/mol. The van der Waals surface area contributed by atoms with Crippen molar-refractivity contribution in [3.63, 3.8) is 0 Å². The van der Waals surface area contributed by atoms with Crippen molar-refractivity contribution < 1.29 is 19.4 Å². The largest absolute Gasteiger partial charge is 0.507 e. The lowest BCUT2D eigenvalue weighted by molar-refractivity contribution is 0.0743. The first kappa shape index (κ1) is 22.7. The average Bonchev–Trinajstić information content (AvgIpc) is 3.34. The third-order valence-corrected chi connectivity index (χ3v) is 5.72. The van der Waals surface area contributed by atoms with Crippen molar-refractivity contribution in [1.82, 2.24) is 15.1 Å². The molecule has 0 bridgehead atoms. The number of halogens is 1. The molecule has 0 fully saturated rings. The second-order valence-corrected chi connectivity index (χ2v) is 8.10. The number of carbonyl (C=O) groups excluding carboxylic acids is 1. The molecule has 0 radical (unpaired) electrons. The standard InChI is InChI=1S/C25H26ClN3O4/c1-4-11-29-24(15-7-10-19(33-12-5-2)20(13-15)32-6-3)21-22(27-28-23(21)25(29)31)17-14-16(26)8-9-18(17)30/h5,7-10,13-14,24,30H,2,4,6,11-12H2,1,3H3,(H,27,28).